The molecule has 3 atom stereocenters. The maximum atomic E-state index is 13.9. The van der Waals surface area contributed by atoms with E-state index in [0.29, 0.717) is 34.6 Å². The standard InChI is InChI=1S/C38H38N4O6S3/c1-25-18-26(2)38(50(43,44)41-32-13-16-36(40-23-32)48-35-9-6-5-8-29(35)22-39)31(19-25)20-30-21-34(30)27(3)42(51(45,46)37-10-7-17-49-37)24-28-11-14-33(47-4)15-12-28/h5-19,23,27,30,34,41H,20-21,24H2,1-4H3. The average Bonchev–Trinajstić information content (AvgIpc) is 3.62. The number of methoxy groups -OCH3 is 1. The lowest BCUT2D eigenvalue weighted by molar-refractivity contribution is 0.294. The molecule has 2 heterocycles. The lowest BCUT2D eigenvalue weighted by atomic mass is 10.0. The van der Waals surface area contributed by atoms with E-state index in [-0.39, 0.29) is 45.1 Å². The summed E-state index contributed by atoms with van der Waals surface area (Å²) in [6.45, 7) is 5.86. The topological polar surface area (TPSA) is 139 Å². The lowest BCUT2D eigenvalue weighted by Crippen LogP contribution is -2.39. The van der Waals surface area contributed by atoms with Crippen molar-refractivity contribution in [2.24, 2.45) is 11.8 Å². The van der Waals surface area contributed by atoms with Gasteiger partial charge in [0.25, 0.3) is 20.0 Å². The van der Waals surface area contributed by atoms with E-state index in [4.69, 9.17) is 9.47 Å². The Bertz CT molecular complexity index is 2270. The number of ether oxygens (including phenoxy) is 2. The van der Waals surface area contributed by atoms with Gasteiger partial charge in [-0.2, -0.15) is 9.57 Å². The minimum atomic E-state index is -4.03. The molecule has 51 heavy (non-hydrogen) atoms. The second-order valence-corrected chi connectivity index (χ2v) is 17.4. The number of nitrogens with zero attached hydrogens (tertiary/aromatic N) is 3. The lowest BCUT2D eigenvalue weighted by Gasteiger charge is -2.28. The smallest absolute Gasteiger partial charge is 0.262 e. The van der Waals surface area contributed by atoms with E-state index in [1.54, 1.807) is 66.2 Å². The molecule has 3 aromatic carbocycles. The monoisotopic (exact) mass is 742 g/mol. The van der Waals surface area contributed by atoms with E-state index in [0.717, 1.165) is 17.5 Å². The molecular weight excluding hydrogens is 705 g/mol. The van der Waals surface area contributed by atoms with Crippen molar-refractivity contribution < 1.29 is 26.3 Å². The Morgan fingerprint density at radius 1 is 1.02 bits per heavy atom. The number of aromatic nitrogens is 1. The maximum absolute atomic E-state index is 13.9. The summed E-state index contributed by atoms with van der Waals surface area (Å²) in [5.74, 6) is 1.37. The Morgan fingerprint density at radius 2 is 1.78 bits per heavy atom. The molecular formula is C38H38N4O6S3. The molecule has 1 saturated carbocycles. The summed E-state index contributed by atoms with van der Waals surface area (Å²) in [4.78, 5) is 4.45. The summed E-state index contributed by atoms with van der Waals surface area (Å²) in [5.41, 5.74) is 3.69. The number of nitriles is 1. The Kier molecular flexibility index (Phi) is 10.5. The number of aryl methyl sites for hydroxylation is 2. The van der Waals surface area contributed by atoms with E-state index in [1.165, 1.54) is 23.6 Å². The van der Waals surface area contributed by atoms with Crippen molar-refractivity contribution in [3.05, 3.63) is 124 Å². The fraction of sp³-hybridized carbons (Fsp3) is 0.263. The van der Waals surface area contributed by atoms with Crippen molar-refractivity contribution >= 4 is 37.1 Å². The first kappa shape index (κ1) is 36.1. The van der Waals surface area contributed by atoms with Crippen LogP contribution in [0.4, 0.5) is 5.69 Å². The highest BCUT2D eigenvalue weighted by molar-refractivity contribution is 7.92. The molecule has 5 aromatic rings. The van der Waals surface area contributed by atoms with Gasteiger partial charge in [0.2, 0.25) is 5.88 Å². The first-order chi connectivity index (χ1) is 24.4. The van der Waals surface area contributed by atoms with Crippen molar-refractivity contribution in [2.75, 3.05) is 11.8 Å². The zero-order chi connectivity index (χ0) is 36.3. The van der Waals surface area contributed by atoms with E-state index in [9.17, 15) is 22.1 Å². The Morgan fingerprint density at radius 3 is 2.45 bits per heavy atom. The molecule has 0 amide bonds. The van der Waals surface area contributed by atoms with Crippen molar-refractivity contribution in [3.8, 4) is 23.4 Å². The number of anilines is 1. The van der Waals surface area contributed by atoms with Crippen LogP contribution in [0.15, 0.2) is 106 Å². The van der Waals surface area contributed by atoms with Crippen LogP contribution >= 0.6 is 11.3 Å². The Balaban J connectivity index is 1.21. The molecule has 3 unspecified atom stereocenters. The second kappa shape index (κ2) is 14.9. The first-order valence-corrected chi connectivity index (χ1v) is 20.1. The normalized spacial score (nSPS) is 16.3. The van der Waals surface area contributed by atoms with Gasteiger partial charge >= 0.3 is 0 Å². The Labute approximate surface area is 303 Å². The Hall–Kier alpha value is -4.74. The third-order valence-electron chi connectivity index (χ3n) is 9.06. The summed E-state index contributed by atoms with van der Waals surface area (Å²) >= 11 is 1.19. The first-order valence-electron chi connectivity index (χ1n) is 16.3. The largest absolute Gasteiger partial charge is 0.497 e. The van der Waals surface area contributed by atoms with Gasteiger partial charge in [0.1, 0.15) is 21.8 Å². The molecule has 10 nitrogen and oxygen atoms in total. The molecule has 2 aromatic heterocycles. The summed E-state index contributed by atoms with van der Waals surface area (Å²) in [6, 6.07) is 26.1. The van der Waals surface area contributed by atoms with Crippen molar-refractivity contribution in [1.82, 2.24) is 9.29 Å². The van der Waals surface area contributed by atoms with Crippen LogP contribution in [-0.2, 0) is 33.0 Å². The molecule has 264 valence electrons. The second-order valence-electron chi connectivity index (χ2n) is 12.7. The molecule has 0 saturated heterocycles. The number of hydrogen-bond donors (Lipinski definition) is 1. The van der Waals surface area contributed by atoms with Crippen LogP contribution in [0.1, 0.15) is 41.2 Å². The number of hydrogen-bond acceptors (Lipinski definition) is 9. The van der Waals surface area contributed by atoms with Gasteiger partial charge < -0.3 is 9.47 Å². The fourth-order valence-electron chi connectivity index (χ4n) is 6.52. The number of nitrogens with one attached hydrogen (secondary N) is 1. The van der Waals surface area contributed by atoms with Crippen molar-refractivity contribution in [2.45, 2.75) is 55.3 Å². The number of thiophene rings is 1. The summed E-state index contributed by atoms with van der Waals surface area (Å²) in [7, 11) is -6.24. The van der Waals surface area contributed by atoms with Gasteiger partial charge in [-0.1, -0.05) is 48.0 Å². The predicted octanol–water partition coefficient (Wildman–Crippen LogP) is 7.69. The average molecular weight is 743 g/mol. The third kappa shape index (κ3) is 8.10. The van der Waals surface area contributed by atoms with Crippen LogP contribution in [0.25, 0.3) is 0 Å². The minimum absolute atomic E-state index is 0.0326. The van der Waals surface area contributed by atoms with Crippen LogP contribution in [0.3, 0.4) is 0 Å². The predicted molar refractivity (Wildman–Crippen MR) is 197 cm³/mol. The number of rotatable bonds is 14. The van der Waals surface area contributed by atoms with E-state index in [1.807, 2.05) is 50.2 Å². The third-order valence-corrected chi connectivity index (χ3v) is 14.0. The summed E-state index contributed by atoms with van der Waals surface area (Å²) in [6.07, 6.45) is 2.61. The maximum Gasteiger partial charge on any atom is 0.262 e. The molecule has 1 aliphatic rings. The number of benzene rings is 3. The zero-order valence-corrected chi connectivity index (χ0v) is 31.1. The highest BCUT2D eigenvalue weighted by Gasteiger charge is 2.46. The minimum Gasteiger partial charge on any atom is -0.497 e. The highest BCUT2D eigenvalue weighted by Crippen LogP contribution is 2.47. The number of sulfonamides is 2. The number of pyridine rings is 1. The van der Waals surface area contributed by atoms with Crippen LogP contribution < -0.4 is 14.2 Å². The molecule has 13 heteroatoms. The van der Waals surface area contributed by atoms with E-state index >= 15 is 0 Å². The van der Waals surface area contributed by atoms with Gasteiger partial charge in [-0.3, -0.25) is 4.72 Å². The molecule has 0 radical (unpaired) electrons. The van der Waals surface area contributed by atoms with E-state index in [2.05, 4.69) is 15.8 Å². The van der Waals surface area contributed by atoms with Crippen LogP contribution in [-0.4, -0.2) is 39.3 Å². The van der Waals surface area contributed by atoms with Gasteiger partial charge in [0.15, 0.2) is 0 Å². The van der Waals surface area contributed by atoms with Crippen LogP contribution in [0.2, 0.25) is 0 Å². The highest BCUT2D eigenvalue weighted by atomic mass is 32.2. The van der Waals surface area contributed by atoms with Gasteiger partial charge in [0, 0.05) is 18.7 Å². The SMILES string of the molecule is COc1ccc(CN(C(C)C2CC2Cc2cc(C)cc(C)c2S(=O)(=O)Nc2ccc(Oc3ccccc3C#N)nc2)S(=O)(=O)c2cccs2)cc1. The molecule has 0 spiro atoms. The quantitative estimate of drug-likeness (QED) is 0.122. The van der Waals surface area contributed by atoms with E-state index < -0.39 is 20.0 Å². The molecule has 1 fully saturated rings. The molecule has 1 N–H and O–H groups in total. The van der Waals surface area contributed by atoms with Gasteiger partial charge in [0.05, 0.1) is 29.5 Å². The molecule has 6 rings (SSSR count). The van der Waals surface area contributed by atoms with Crippen LogP contribution in [0.5, 0.6) is 17.4 Å². The van der Waals surface area contributed by atoms with Gasteiger partial charge in [-0.15, -0.1) is 11.3 Å². The summed E-state index contributed by atoms with van der Waals surface area (Å²) < 4.78 is 71.4. The van der Waals surface area contributed by atoms with Crippen molar-refractivity contribution in [3.63, 3.8) is 0 Å². The molecule has 0 bridgehead atoms. The van der Waals surface area contributed by atoms with Gasteiger partial charge in [-0.25, -0.2) is 21.8 Å². The molecule has 1 aliphatic carbocycles. The zero-order valence-electron chi connectivity index (χ0n) is 28.6. The fourth-order valence-corrected chi connectivity index (χ4v) is 10.8. The molecule has 0 aliphatic heterocycles. The van der Waals surface area contributed by atoms with Crippen molar-refractivity contribution in [1.29, 1.82) is 5.26 Å². The summed E-state index contributed by atoms with van der Waals surface area (Å²) in [5, 5.41) is 11.1. The van der Waals surface area contributed by atoms with Crippen LogP contribution in [0, 0.1) is 37.0 Å². The number of para-hydroxylation sites is 1. The van der Waals surface area contributed by atoms with Gasteiger partial charge in [-0.05, 0) is 104 Å².